The van der Waals surface area contributed by atoms with Crippen LogP contribution in [0.25, 0.3) is 10.9 Å². The molecule has 3 aromatic rings. The Morgan fingerprint density at radius 2 is 1.74 bits per heavy atom. The van der Waals surface area contributed by atoms with Crippen LogP contribution in [0, 0.1) is 0 Å². The van der Waals surface area contributed by atoms with Crippen molar-refractivity contribution in [2.24, 2.45) is 0 Å². The Bertz CT molecular complexity index is 1130. The molecule has 0 bridgehead atoms. The fraction of sp³-hybridized carbons (Fsp3) is 0.222. The molecule has 0 aliphatic heterocycles. The van der Waals surface area contributed by atoms with Gasteiger partial charge in [-0.05, 0) is 48.9 Å². The summed E-state index contributed by atoms with van der Waals surface area (Å²) in [5, 5.41) is 1.30. The minimum atomic E-state index is -3.77. The third kappa shape index (κ3) is 4.32. The summed E-state index contributed by atoms with van der Waals surface area (Å²) in [6.45, 7) is 2.10. The highest BCUT2D eigenvalue weighted by Crippen LogP contribution is 2.21. The van der Waals surface area contributed by atoms with Crippen LogP contribution in [-0.2, 0) is 16.6 Å². The maximum Gasteiger partial charge on any atom is 0.258 e. The summed E-state index contributed by atoms with van der Waals surface area (Å²) in [6, 6.07) is 10.7. The molecular weight excluding hydrogens is 409 g/mol. The van der Waals surface area contributed by atoms with E-state index in [4.69, 9.17) is 23.2 Å². The SMILES string of the molecule is CCCN(Cc1nc2cc(Cl)ccc2c(=O)[nH]1)S(=O)(=O)c1ccc(Cl)cc1. The van der Waals surface area contributed by atoms with Crippen molar-refractivity contribution in [3.8, 4) is 0 Å². The van der Waals surface area contributed by atoms with Gasteiger partial charge in [0, 0.05) is 16.6 Å². The zero-order valence-electron chi connectivity index (χ0n) is 14.4. The Labute approximate surface area is 166 Å². The number of rotatable bonds is 6. The first kappa shape index (κ1) is 19.8. The minimum absolute atomic E-state index is 0.0590. The third-order valence-electron chi connectivity index (χ3n) is 3.97. The molecule has 0 fully saturated rings. The third-order valence-corrected chi connectivity index (χ3v) is 6.31. The standard InChI is InChI=1S/C18H17Cl2N3O3S/c1-2-9-23(27(25,26)14-6-3-12(19)4-7-14)11-17-21-16-10-13(20)5-8-15(16)18(24)22-17/h3-8,10H,2,9,11H2,1H3,(H,21,22,24). The lowest BCUT2D eigenvalue weighted by molar-refractivity contribution is 0.397. The Balaban J connectivity index is 2.00. The maximum atomic E-state index is 13.0. The van der Waals surface area contributed by atoms with Crippen LogP contribution in [-0.4, -0.2) is 29.2 Å². The van der Waals surface area contributed by atoms with E-state index in [9.17, 15) is 13.2 Å². The first-order valence-electron chi connectivity index (χ1n) is 8.25. The first-order valence-corrected chi connectivity index (χ1v) is 10.4. The molecule has 1 aromatic heterocycles. The molecular formula is C18H17Cl2N3O3S. The van der Waals surface area contributed by atoms with E-state index in [-0.39, 0.29) is 29.4 Å². The second-order valence-electron chi connectivity index (χ2n) is 5.97. The molecule has 2 aromatic carbocycles. The smallest absolute Gasteiger partial charge is 0.258 e. The lowest BCUT2D eigenvalue weighted by Crippen LogP contribution is -2.32. The molecule has 1 heterocycles. The van der Waals surface area contributed by atoms with Gasteiger partial charge in [0.05, 0.1) is 22.3 Å². The van der Waals surface area contributed by atoms with Crippen molar-refractivity contribution in [3.05, 3.63) is 68.7 Å². The molecule has 0 saturated heterocycles. The highest BCUT2D eigenvalue weighted by Gasteiger charge is 2.25. The van der Waals surface area contributed by atoms with Crippen LogP contribution >= 0.6 is 23.2 Å². The second kappa shape index (κ2) is 7.98. The van der Waals surface area contributed by atoms with Crippen molar-refractivity contribution in [3.63, 3.8) is 0 Å². The highest BCUT2D eigenvalue weighted by molar-refractivity contribution is 7.89. The van der Waals surface area contributed by atoms with E-state index in [1.54, 1.807) is 18.2 Å². The number of sulfonamides is 1. The molecule has 1 N–H and O–H groups in total. The van der Waals surface area contributed by atoms with Crippen molar-refractivity contribution in [1.82, 2.24) is 14.3 Å². The lowest BCUT2D eigenvalue weighted by Gasteiger charge is -2.21. The zero-order chi connectivity index (χ0) is 19.6. The zero-order valence-corrected chi connectivity index (χ0v) is 16.8. The monoisotopic (exact) mass is 425 g/mol. The number of nitrogens with one attached hydrogen (secondary N) is 1. The summed E-state index contributed by atoms with van der Waals surface area (Å²) in [5.74, 6) is 0.251. The Hall–Kier alpha value is -1.93. The van der Waals surface area contributed by atoms with Crippen molar-refractivity contribution < 1.29 is 8.42 Å². The van der Waals surface area contributed by atoms with E-state index in [0.29, 0.717) is 27.4 Å². The van der Waals surface area contributed by atoms with Crippen LogP contribution in [0.5, 0.6) is 0 Å². The van der Waals surface area contributed by atoms with E-state index in [1.807, 2.05) is 6.92 Å². The number of nitrogens with zero attached hydrogens (tertiary/aromatic N) is 2. The van der Waals surface area contributed by atoms with Crippen LogP contribution in [0.4, 0.5) is 0 Å². The van der Waals surface area contributed by atoms with Crippen molar-refractivity contribution >= 4 is 44.1 Å². The summed E-state index contributed by atoms with van der Waals surface area (Å²) in [4.78, 5) is 19.4. The fourth-order valence-electron chi connectivity index (χ4n) is 2.69. The fourth-order valence-corrected chi connectivity index (χ4v) is 4.48. The first-order chi connectivity index (χ1) is 12.8. The molecule has 6 nitrogen and oxygen atoms in total. The van der Waals surface area contributed by atoms with Crippen LogP contribution in [0.3, 0.4) is 0 Å². The molecule has 0 amide bonds. The predicted molar refractivity (Wildman–Crippen MR) is 107 cm³/mol. The van der Waals surface area contributed by atoms with Crippen LogP contribution in [0.15, 0.2) is 52.2 Å². The van der Waals surface area contributed by atoms with E-state index in [1.165, 1.54) is 28.6 Å². The Morgan fingerprint density at radius 1 is 1.07 bits per heavy atom. The minimum Gasteiger partial charge on any atom is -0.309 e. The number of benzene rings is 2. The van der Waals surface area contributed by atoms with Crippen molar-refractivity contribution in [2.75, 3.05) is 6.54 Å². The molecule has 0 atom stereocenters. The topological polar surface area (TPSA) is 83.1 Å². The van der Waals surface area contributed by atoms with E-state index in [2.05, 4.69) is 9.97 Å². The Morgan fingerprint density at radius 3 is 2.41 bits per heavy atom. The van der Waals surface area contributed by atoms with Crippen LogP contribution in [0.1, 0.15) is 19.2 Å². The number of aromatic nitrogens is 2. The van der Waals surface area contributed by atoms with Crippen molar-refractivity contribution in [1.29, 1.82) is 0 Å². The number of halogens is 2. The number of hydrogen-bond acceptors (Lipinski definition) is 4. The Kier molecular flexibility index (Phi) is 5.86. The summed E-state index contributed by atoms with van der Waals surface area (Å²) in [7, 11) is -3.77. The van der Waals surface area contributed by atoms with Gasteiger partial charge < -0.3 is 4.98 Å². The van der Waals surface area contributed by atoms with Gasteiger partial charge >= 0.3 is 0 Å². The quantitative estimate of drug-likeness (QED) is 0.650. The second-order valence-corrected chi connectivity index (χ2v) is 8.78. The normalized spacial score (nSPS) is 12.0. The van der Waals surface area contributed by atoms with Gasteiger partial charge in [0.15, 0.2) is 0 Å². The van der Waals surface area contributed by atoms with Gasteiger partial charge in [-0.25, -0.2) is 13.4 Å². The molecule has 9 heteroatoms. The van der Waals surface area contributed by atoms with E-state index < -0.39 is 10.0 Å². The van der Waals surface area contributed by atoms with Gasteiger partial charge in [0.2, 0.25) is 10.0 Å². The van der Waals surface area contributed by atoms with Crippen molar-refractivity contribution in [2.45, 2.75) is 24.8 Å². The molecule has 0 aliphatic rings. The molecule has 0 aliphatic carbocycles. The molecule has 3 rings (SSSR count). The molecule has 142 valence electrons. The van der Waals surface area contributed by atoms with Gasteiger partial charge in [-0.1, -0.05) is 30.1 Å². The van der Waals surface area contributed by atoms with Gasteiger partial charge in [-0.15, -0.1) is 0 Å². The average molecular weight is 426 g/mol. The average Bonchev–Trinajstić information content (AvgIpc) is 2.61. The van der Waals surface area contributed by atoms with Gasteiger partial charge in [0.1, 0.15) is 5.82 Å². The van der Waals surface area contributed by atoms with Crippen LogP contribution in [0.2, 0.25) is 10.0 Å². The maximum absolute atomic E-state index is 13.0. The number of H-pyrrole nitrogens is 1. The summed E-state index contributed by atoms with van der Waals surface area (Å²) < 4.78 is 27.2. The lowest BCUT2D eigenvalue weighted by atomic mass is 10.2. The molecule has 0 radical (unpaired) electrons. The molecule has 27 heavy (non-hydrogen) atoms. The predicted octanol–water partition coefficient (Wildman–Crippen LogP) is 3.83. The number of hydrogen-bond donors (Lipinski definition) is 1. The largest absolute Gasteiger partial charge is 0.309 e. The summed E-state index contributed by atoms with van der Waals surface area (Å²) >= 11 is 11.8. The van der Waals surface area contributed by atoms with Gasteiger partial charge in [0.25, 0.3) is 5.56 Å². The van der Waals surface area contributed by atoms with E-state index >= 15 is 0 Å². The summed E-state index contributed by atoms with van der Waals surface area (Å²) in [5.41, 5.74) is 0.0774. The summed E-state index contributed by atoms with van der Waals surface area (Å²) in [6.07, 6.45) is 0.608. The number of aromatic amines is 1. The number of fused-ring (bicyclic) bond motifs is 1. The van der Waals surface area contributed by atoms with Crippen LogP contribution < -0.4 is 5.56 Å². The van der Waals surface area contributed by atoms with E-state index in [0.717, 1.165) is 0 Å². The molecule has 0 saturated carbocycles. The molecule has 0 unspecified atom stereocenters. The highest BCUT2D eigenvalue weighted by atomic mass is 35.5. The van der Waals surface area contributed by atoms with Gasteiger partial charge in [-0.3, -0.25) is 4.79 Å². The molecule has 0 spiro atoms. The van der Waals surface area contributed by atoms with Gasteiger partial charge in [-0.2, -0.15) is 4.31 Å².